The van der Waals surface area contributed by atoms with Crippen molar-refractivity contribution in [2.75, 3.05) is 6.54 Å². The van der Waals surface area contributed by atoms with Crippen molar-refractivity contribution < 1.29 is 8.42 Å². The third-order valence-corrected chi connectivity index (χ3v) is 4.48. The van der Waals surface area contributed by atoms with Crippen molar-refractivity contribution in [3.63, 3.8) is 0 Å². The van der Waals surface area contributed by atoms with Gasteiger partial charge < -0.3 is 4.98 Å². The largest absolute Gasteiger partial charge is 0.328 e. The van der Waals surface area contributed by atoms with E-state index in [0.717, 1.165) is 5.01 Å². The smallest absolute Gasteiger partial charge is 0.247 e. The highest BCUT2D eigenvalue weighted by atomic mass is 32.2. The first-order chi connectivity index (χ1) is 8.58. The number of hydrogen-bond acceptors (Lipinski definition) is 5. The lowest BCUT2D eigenvalue weighted by Crippen LogP contribution is -2.26. The lowest BCUT2D eigenvalue weighted by molar-refractivity contribution is 0.581. The number of nitrogens with one attached hydrogen (secondary N) is 2. The average molecular weight is 285 g/mol. The van der Waals surface area contributed by atoms with Gasteiger partial charge in [0.2, 0.25) is 15.6 Å². The van der Waals surface area contributed by atoms with Crippen molar-refractivity contribution in [1.29, 1.82) is 0 Å². The summed E-state index contributed by atoms with van der Waals surface area (Å²) < 4.78 is 26.1. The van der Waals surface area contributed by atoms with Crippen LogP contribution in [0.15, 0.2) is 39.6 Å². The number of pyridine rings is 1. The van der Waals surface area contributed by atoms with Gasteiger partial charge in [-0.3, -0.25) is 4.79 Å². The van der Waals surface area contributed by atoms with Gasteiger partial charge in [-0.2, -0.15) is 0 Å². The lowest BCUT2D eigenvalue weighted by Gasteiger charge is -2.04. The van der Waals surface area contributed by atoms with Crippen LogP contribution < -0.4 is 10.3 Å². The molecule has 6 nitrogen and oxygen atoms in total. The molecule has 0 unspecified atom stereocenters. The minimum Gasteiger partial charge on any atom is -0.328 e. The molecule has 0 saturated heterocycles. The van der Waals surface area contributed by atoms with E-state index in [1.165, 1.54) is 29.7 Å². The Morgan fingerprint density at radius 1 is 1.39 bits per heavy atom. The molecule has 2 N–H and O–H groups in total. The molecule has 0 aromatic carbocycles. The number of hydrogen-bond donors (Lipinski definition) is 2. The fourth-order valence-electron chi connectivity index (χ4n) is 1.32. The normalized spacial score (nSPS) is 11.6. The first kappa shape index (κ1) is 12.9. The summed E-state index contributed by atoms with van der Waals surface area (Å²) in [7, 11) is -3.57. The number of H-pyrrole nitrogens is 1. The number of nitrogens with zero attached hydrogens (tertiary/aromatic N) is 1. The summed E-state index contributed by atoms with van der Waals surface area (Å²) >= 11 is 1.48. The Morgan fingerprint density at radius 2 is 2.22 bits per heavy atom. The minimum atomic E-state index is -3.57. The maximum Gasteiger partial charge on any atom is 0.247 e. The molecule has 0 fully saturated rings. The Hall–Kier alpha value is -1.51. The predicted octanol–water partition coefficient (Wildman–Crippen LogP) is 0.352. The van der Waals surface area contributed by atoms with E-state index in [2.05, 4.69) is 14.7 Å². The van der Waals surface area contributed by atoms with E-state index in [0.29, 0.717) is 6.42 Å². The van der Waals surface area contributed by atoms with Gasteiger partial charge in [0.15, 0.2) is 0 Å². The molecule has 18 heavy (non-hydrogen) atoms. The van der Waals surface area contributed by atoms with Crippen LogP contribution in [0.1, 0.15) is 5.01 Å². The Labute approximate surface area is 108 Å². The van der Waals surface area contributed by atoms with Crippen molar-refractivity contribution in [3.05, 3.63) is 45.3 Å². The maximum absolute atomic E-state index is 11.8. The zero-order valence-electron chi connectivity index (χ0n) is 9.29. The molecule has 0 atom stereocenters. The third-order valence-electron chi connectivity index (χ3n) is 2.18. The van der Waals surface area contributed by atoms with Gasteiger partial charge in [-0.15, -0.1) is 11.3 Å². The zero-order valence-corrected chi connectivity index (χ0v) is 10.9. The number of rotatable bonds is 5. The van der Waals surface area contributed by atoms with Crippen LogP contribution >= 0.6 is 11.3 Å². The Balaban J connectivity index is 1.99. The van der Waals surface area contributed by atoms with Crippen molar-refractivity contribution in [2.45, 2.75) is 11.3 Å². The highest BCUT2D eigenvalue weighted by Gasteiger charge is 2.13. The van der Waals surface area contributed by atoms with Gasteiger partial charge in [0.1, 0.15) is 0 Å². The average Bonchev–Trinajstić information content (AvgIpc) is 2.82. The molecular formula is C10H11N3O3S2. The topological polar surface area (TPSA) is 91.9 Å². The molecule has 2 aromatic rings. The highest BCUT2D eigenvalue weighted by molar-refractivity contribution is 7.89. The fraction of sp³-hybridized carbons (Fsp3) is 0.200. The SMILES string of the molecule is O=c1ccc(S(=O)(=O)NCCc2nccs2)c[nH]1. The molecule has 96 valence electrons. The van der Waals surface area contributed by atoms with E-state index in [1.807, 2.05) is 5.38 Å². The molecule has 0 amide bonds. The van der Waals surface area contributed by atoms with E-state index in [-0.39, 0.29) is 17.0 Å². The zero-order chi connectivity index (χ0) is 13.0. The summed E-state index contributed by atoms with van der Waals surface area (Å²) in [6, 6.07) is 2.44. The quantitative estimate of drug-likeness (QED) is 0.829. The molecule has 0 spiro atoms. The van der Waals surface area contributed by atoms with Crippen molar-refractivity contribution >= 4 is 21.4 Å². The van der Waals surface area contributed by atoms with Crippen LogP contribution in [0, 0.1) is 0 Å². The fourth-order valence-corrected chi connectivity index (χ4v) is 2.93. The van der Waals surface area contributed by atoms with Gasteiger partial charge in [-0.05, 0) is 6.07 Å². The number of aromatic nitrogens is 2. The molecule has 2 heterocycles. The van der Waals surface area contributed by atoms with E-state index < -0.39 is 10.0 Å². The van der Waals surface area contributed by atoms with Crippen molar-refractivity contribution in [1.82, 2.24) is 14.7 Å². The van der Waals surface area contributed by atoms with Gasteiger partial charge in [0, 0.05) is 36.8 Å². The van der Waals surface area contributed by atoms with Gasteiger partial charge in [0.05, 0.1) is 9.90 Å². The number of sulfonamides is 1. The van der Waals surface area contributed by atoms with E-state index >= 15 is 0 Å². The molecule has 8 heteroatoms. The van der Waals surface area contributed by atoms with Crippen LogP contribution in [0.2, 0.25) is 0 Å². The monoisotopic (exact) mass is 285 g/mol. The van der Waals surface area contributed by atoms with Crippen LogP contribution in [-0.4, -0.2) is 24.9 Å². The molecule has 0 aliphatic heterocycles. The maximum atomic E-state index is 11.8. The van der Waals surface area contributed by atoms with Gasteiger partial charge in [-0.25, -0.2) is 18.1 Å². The van der Waals surface area contributed by atoms with Gasteiger partial charge in [0.25, 0.3) is 0 Å². The molecule has 0 saturated carbocycles. The summed E-state index contributed by atoms with van der Waals surface area (Å²) in [4.78, 5) is 17.3. The first-order valence-electron chi connectivity index (χ1n) is 5.15. The summed E-state index contributed by atoms with van der Waals surface area (Å²) in [5.41, 5.74) is -0.336. The van der Waals surface area contributed by atoms with Crippen molar-refractivity contribution in [3.8, 4) is 0 Å². The molecule has 0 radical (unpaired) electrons. The van der Waals surface area contributed by atoms with Crippen molar-refractivity contribution in [2.24, 2.45) is 0 Å². The third kappa shape index (κ3) is 3.25. The molecule has 0 aliphatic rings. The second-order valence-electron chi connectivity index (χ2n) is 3.46. The summed E-state index contributed by atoms with van der Waals surface area (Å²) in [6.07, 6.45) is 3.39. The Bertz CT molecular complexity index is 641. The summed E-state index contributed by atoms with van der Waals surface area (Å²) in [6.45, 7) is 0.273. The van der Waals surface area contributed by atoms with Crippen LogP contribution in [0.3, 0.4) is 0 Å². The summed E-state index contributed by atoms with van der Waals surface area (Å²) in [5.74, 6) is 0. The van der Waals surface area contributed by atoms with Gasteiger partial charge in [-0.1, -0.05) is 0 Å². The predicted molar refractivity (Wildman–Crippen MR) is 68.1 cm³/mol. The lowest BCUT2D eigenvalue weighted by atomic mass is 10.5. The molecule has 0 bridgehead atoms. The molecular weight excluding hydrogens is 274 g/mol. The Morgan fingerprint density at radius 3 is 2.83 bits per heavy atom. The van der Waals surface area contributed by atoms with Crippen LogP contribution in [0.5, 0.6) is 0 Å². The minimum absolute atomic E-state index is 0.0428. The van der Waals surface area contributed by atoms with Crippen LogP contribution in [0.4, 0.5) is 0 Å². The van der Waals surface area contributed by atoms with Gasteiger partial charge >= 0.3 is 0 Å². The number of thiazole rings is 1. The molecule has 2 rings (SSSR count). The molecule has 0 aliphatic carbocycles. The van der Waals surface area contributed by atoms with E-state index in [1.54, 1.807) is 6.20 Å². The van der Waals surface area contributed by atoms with E-state index in [4.69, 9.17) is 0 Å². The van der Waals surface area contributed by atoms with Crippen LogP contribution in [-0.2, 0) is 16.4 Å². The first-order valence-corrected chi connectivity index (χ1v) is 7.51. The number of aromatic amines is 1. The standard InChI is InChI=1S/C10H11N3O3S2/c14-9-2-1-8(7-12-9)18(15,16)13-4-3-10-11-5-6-17-10/h1-2,5-7,13H,3-4H2,(H,12,14). The highest BCUT2D eigenvalue weighted by Crippen LogP contribution is 2.06. The summed E-state index contributed by atoms with van der Waals surface area (Å²) in [5, 5.41) is 2.71. The van der Waals surface area contributed by atoms with Crippen LogP contribution in [0.25, 0.3) is 0 Å². The molecule has 2 aromatic heterocycles. The second-order valence-corrected chi connectivity index (χ2v) is 6.21. The second kappa shape index (κ2) is 5.42. The van der Waals surface area contributed by atoms with E-state index in [9.17, 15) is 13.2 Å². The Kier molecular flexibility index (Phi) is 3.90.